The van der Waals surface area contributed by atoms with Crippen LogP contribution in [0.1, 0.15) is 33.7 Å². The number of benzene rings is 7. The summed E-state index contributed by atoms with van der Waals surface area (Å²) in [4.78, 5) is 21.9. The summed E-state index contributed by atoms with van der Waals surface area (Å²) < 4.78 is 2.16. The van der Waals surface area contributed by atoms with Gasteiger partial charge >= 0.3 is 0 Å². The van der Waals surface area contributed by atoms with E-state index in [4.69, 9.17) is 20.0 Å². The summed E-state index contributed by atoms with van der Waals surface area (Å²) in [7, 11) is 0. The van der Waals surface area contributed by atoms with Gasteiger partial charge in [0.15, 0.2) is 5.84 Å². The second-order valence-electron chi connectivity index (χ2n) is 14.6. The van der Waals surface area contributed by atoms with Crippen molar-refractivity contribution in [2.45, 2.75) is 11.5 Å². The molecule has 3 aromatic heterocycles. The molecule has 0 radical (unpaired) electrons. The molecule has 1 atom stereocenters. The molecule has 2 aliphatic rings. The third kappa shape index (κ3) is 4.35. The van der Waals surface area contributed by atoms with Crippen molar-refractivity contribution in [2.24, 2.45) is 9.98 Å². The standard InChI is InChI=1S/C50H31N5/c1-2-15-31(16-3-1)45-44(33-18-14-19-34(29-33)46-48-47(38-23-8-11-26-42(38)51-46)52-43-27-12-13-28-55(43)48)50(40-24-9-10-25-41(40)50)54-49(53-45)39-30-32-17-4-5-20-35(32)36-21-6-7-22-37(36)39/h1-30,44H. The van der Waals surface area contributed by atoms with Gasteiger partial charge in [-0.15, -0.1) is 0 Å². The van der Waals surface area contributed by atoms with Crippen molar-refractivity contribution < 1.29 is 0 Å². The molecular formula is C50H31N5. The van der Waals surface area contributed by atoms with Crippen LogP contribution in [0, 0.1) is 0 Å². The van der Waals surface area contributed by atoms with Crippen LogP contribution in [-0.2, 0) is 5.54 Å². The first-order chi connectivity index (χ1) is 27.3. The van der Waals surface area contributed by atoms with Gasteiger partial charge in [-0.2, -0.15) is 0 Å². The quantitative estimate of drug-likeness (QED) is 0.172. The van der Waals surface area contributed by atoms with Crippen LogP contribution >= 0.6 is 0 Å². The molecule has 0 amide bonds. The number of rotatable bonds is 4. The summed E-state index contributed by atoms with van der Waals surface area (Å²) >= 11 is 0. The number of nitrogens with zero attached hydrogens (tertiary/aromatic N) is 5. The lowest BCUT2D eigenvalue weighted by Gasteiger charge is -2.32. The minimum atomic E-state index is -0.618. The van der Waals surface area contributed by atoms with Crippen LogP contribution in [0.2, 0.25) is 0 Å². The maximum absolute atomic E-state index is 5.78. The second kappa shape index (κ2) is 11.4. The first-order valence-corrected chi connectivity index (χ1v) is 18.8. The van der Waals surface area contributed by atoms with Crippen LogP contribution in [0.3, 0.4) is 0 Å². The van der Waals surface area contributed by atoms with Gasteiger partial charge in [0.25, 0.3) is 0 Å². The minimum Gasteiger partial charge on any atom is -0.298 e. The van der Waals surface area contributed by atoms with E-state index in [-0.39, 0.29) is 5.92 Å². The summed E-state index contributed by atoms with van der Waals surface area (Å²) in [6, 6.07) is 62.3. The lowest BCUT2D eigenvalue weighted by atomic mass is 9.78. The summed E-state index contributed by atoms with van der Waals surface area (Å²) in [6.45, 7) is 0. The van der Waals surface area contributed by atoms with Gasteiger partial charge in [0, 0.05) is 22.7 Å². The van der Waals surface area contributed by atoms with Crippen LogP contribution in [0.5, 0.6) is 0 Å². The Morgan fingerprint density at radius 2 is 1.22 bits per heavy atom. The fourth-order valence-corrected chi connectivity index (χ4v) is 9.15. The Balaban J connectivity index is 1.12. The number of amidine groups is 1. The highest BCUT2D eigenvalue weighted by Gasteiger charge is 2.60. The first kappa shape index (κ1) is 30.2. The molecule has 1 aliphatic carbocycles. The molecule has 5 heteroatoms. The Morgan fingerprint density at radius 1 is 0.527 bits per heavy atom. The molecule has 0 fully saturated rings. The van der Waals surface area contributed by atoms with Crippen LogP contribution in [-0.4, -0.2) is 25.9 Å². The predicted octanol–water partition coefficient (Wildman–Crippen LogP) is 11.3. The zero-order chi connectivity index (χ0) is 36.1. The van der Waals surface area contributed by atoms with Gasteiger partial charge in [-0.3, -0.25) is 4.40 Å². The molecule has 55 heavy (non-hydrogen) atoms. The Hall–Kier alpha value is -7.24. The van der Waals surface area contributed by atoms with Crippen molar-refractivity contribution in [1.82, 2.24) is 14.4 Å². The Labute approximate surface area is 316 Å². The third-order valence-corrected chi connectivity index (χ3v) is 11.6. The molecule has 1 aliphatic heterocycles. The minimum absolute atomic E-state index is 0.180. The fourth-order valence-electron chi connectivity index (χ4n) is 9.15. The normalized spacial score (nSPS) is 15.8. The number of hydrogen-bond acceptors (Lipinski definition) is 4. The highest BCUT2D eigenvalue weighted by atomic mass is 15.1. The lowest BCUT2D eigenvalue weighted by Crippen LogP contribution is -2.33. The Morgan fingerprint density at radius 3 is 2.07 bits per heavy atom. The maximum atomic E-state index is 5.78. The summed E-state index contributed by atoms with van der Waals surface area (Å²) in [5, 5.41) is 5.80. The van der Waals surface area contributed by atoms with Gasteiger partial charge in [-0.05, 0) is 74.1 Å². The average molecular weight is 702 g/mol. The van der Waals surface area contributed by atoms with E-state index in [9.17, 15) is 0 Å². The SMILES string of the molecule is c1ccc(C2=NC(c3cc4ccccc4c4ccccc34)=NC3(c4ccccc43)C2c2cccc(-c3nc4ccccc4c4nc5ccccn5c34)c2)cc1. The monoisotopic (exact) mass is 701 g/mol. The van der Waals surface area contributed by atoms with E-state index in [2.05, 4.69) is 174 Å². The van der Waals surface area contributed by atoms with E-state index in [1.54, 1.807) is 0 Å². The van der Waals surface area contributed by atoms with Crippen LogP contribution in [0.4, 0.5) is 0 Å². The predicted molar refractivity (Wildman–Crippen MR) is 224 cm³/mol. The molecule has 256 valence electrons. The van der Waals surface area contributed by atoms with Crippen molar-refractivity contribution in [2.75, 3.05) is 0 Å². The number of para-hydroxylation sites is 1. The van der Waals surface area contributed by atoms with E-state index in [0.29, 0.717) is 0 Å². The van der Waals surface area contributed by atoms with Crippen LogP contribution in [0.25, 0.3) is 60.4 Å². The molecule has 12 rings (SSSR count). The zero-order valence-corrected chi connectivity index (χ0v) is 29.6. The van der Waals surface area contributed by atoms with Gasteiger partial charge in [-0.1, -0.05) is 146 Å². The van der Waals surface area contributed by atoms with Gasteiger partial charge < -0.3 is 0 Å². The van der Waals surface area contributed by atoms with Crippen molar-refractivity contribution in [3.05, 3.63) is 210 Å². The molecule has 0 N–H and O–H groups in total. The summed E-state index contributed by atoms with van der Waals surface area (Å²) in [5.74, 6) is 0.578. The van der Waals surface area contributed by atoms with Gasteiger partial charge in [0.1, 0.15) is 16.7 Å². The molecule has 1 spiro atoms. The van der Waals surface area contributed by atoms with Crippen molar-refractivity contribution in [3.8, 4) is 11.3 Å². The van der Waals surface area contributed by atoms with Crippen LogP contribution < -0.4 is 0 Å². The molecule has 0 bridgehead atoms. The molecule has 7 aromatic carbocycles. The molecule has 0 saturated heterocycles. The molecule has 4 heterocycles. The third-order valence-electron chi connectivity index (χ3n) is 11.6. The number of imidazole rings is 1. The van der Waals surface area contributed by atoms with E-state index in [1.807, 2.05) is 12.1 Å². The first-order valence-electron chi connectivity index (χ1n) is 18.8. The average Bonchev–Trinajstić information content (AvgIpc) is 3.68. The molecular weight excluding hydrogens is 671 g/mol. The number of pyridine rings is 2. The van der Waals surface area contributed by atoms with E-state index in [0.717, 1.165) is 72.5 Å². The van der Waals surface area contributed by atoms with E-state index >= 15 is 0 Å². The van der Waals surface area contributed by atoms with Gasteiger partial charge in [-0.25, -0.2) is 20.0 Å². The van der Waals surface area contributed by atoms with E-state index in [1.165, 1.54) is 27.3 Å². The second-order valence-corrected chi connectivity index (χ2v) is 14.6. The molecule has 1 unspecified atom stereocenters. The summed E-state index contributed by atoms with van der Waals surface area (Å²) in [6.07, 6.45) is 2.08. The lowest BCUT2D eigenvalue weighted by molar-refractivity contribution is 0.604. The number of aliphatic imine (C=N–C) groups is 2. The van der Waals surface area contributed by atoms with Crippen molar-refractivity contribution in [3.63, 3.8) is 0 Å². The Kier molecular flexibility index (Phi) is 6.26. The molecule has 10 aromatic rings. The maximum Gasteiger partial charge on any atom is 0.156 e. The highest BCUT2D eigenvalue weighted by molar-refractivity contribution is 6.24. The number of hydrogen-bond donors (Lipinski definition) is 0. The number of aromatic nitrogens is 3. The van der Waals surface area contributed by atoms with Gasteiger partial charge in [0.05, 0.1) is 28.4 Å². The van der Waals surface area contributed by atoms with Crippen LogP contribution in [0.15, 0.2) is 192 Å². The highest BCUT2D eigenvalue weighted by Crippen LogP contribution is 2.62. The van der Waals surface area contributed by atoms with Gasteiger partial charge in [0.2, 0.25) is 0 Å². The Bertz CT molecular complexity index is 3260. The zero-order valence-electron chi connectivity index (χ0n) is 29.6. The summed E-state index contributed by atoms with van der Waals surface area (Å²) in [5.41, 5.74) is 11.8. The van der Waals surface area contributed by atoms with Crippen molar-refractivity contribution >= 4 is 60.7 Å². The number of fused-ring (bicyclic) bond motifs is 11. The fraction of sp³-hybridized carbons (Fsp3) is 0.0400. The topological polar surface area (TPSA) is 54.9 Å². The largest absolute Gasteiger partial charge is 0.298 e. The van der Waals surface area contributed by atoms with E-state index < -0.39 is 5.54 Å². The van der Waals surface area contributed by atoms with Crippen molar-refractivity contribution in [1.29, 1.82) is 0 Å². The molecule has 5 nitrogen and oxygen atoms in total. The molecule has 0 saturated carbocycles. The smallest absolute Gasteiger partial charge is 0.156 e.